The highest BCUT2D eigenvalue weighted by Gasteiger charge is 2.61. The molecule has 29 heavy (non-hydrogen) atoms. The van der Waals surface area contributed by atoms with Gasteiger partial charge in [0.15, 0.2) is 0 Å². The second-order valence-electron chi connectivity index (χ2n) is 9.60. The molecule has 1 unspecified atom stereocenters. The Morgan fingerprint density at radius 2 is 1.90 bits per heavy atom. The summed E-state index contributed by atoms with van der Waals surface area (Å²) >= 11 is 0. The lowest BCUT2D eigenvalue weighted by Crippen LogP contribution is -2.73. The van der Waals surface area contributed by atoms with Crippen LogP contribution in [0, 0.1) is 22.7 Å². The lowest BCUT2D eigenvalue weighted by molar-refractivity contribution is -0.152. The van der Waals surface area contributed by atoms with Crippen LogP contribution in [0.3, 0.4) is 0 Å². The van der Waals surface area contributed by atoms with E-state index >= 15 is 0 Å². The summed E-state index contributed by atoms with van der Waals surface area (Å²) in [5.41, 5.74) is 4.23. The Hall–Kier alpha value is -1.95. The van der Waals surface area contributed by atoms with Crippen LogP contribution in [-0.4, -0.2) is 64.9 Å². The first-order chi connectivity index (χ1) is 13.6. The summed E-state index contributed by atoms with van der Waals surface area (Å²) < 4.78 is 28.1. The van der Waals surface area contributed by atoms with Crippen molar-refractivity contribution >= 4 is 11.9 Å². The number of hydrogen-bond acceptors (Lipinski definition) is 4. The Balaban J connectivity index is 1.57. The standard InChI is InChI=1S/C20H29F2N5O2/c1-18(21,22)10-14(16(28)25-20(11-23)4-5-20)15-19(12-27(15)17(24)29)6-8-26(9-7-19)13-2-3-13/h13-15H,2-10,12H2,1H3,(H2,24,29)(H,25,28)/t14-,15?/m0/s1. The van der Waals surface area contributed by atoms with E-state index in [-0.39, 0.29) is 5.41 Å². The normalized spacial score (nSPS) is 28.9. The number of hydrogen-bond donors (Lipinski definition) is 2. The molecular weight excluding hydrogens is 380 g/mol. The van der Waals surface area contributed by atoms with Crippen molar-refractivity contribution < 1.29 is 18.4 Å². The summed E-state index contributed by atoms with van der Waals surface area (Å²) in [5, 5.41) is 12.0. The van der Waals surface area contributed by atoms with E-state index in [1.807, 2.05) is 0 Å². The maximum atomic E-state index is 14.1. The van der Waals surface area contributed by atoms with Crippen LogP contribution in [0.5, 0.6) is 0 Å². The highest BCUT2D eigenvalue weighted by molar-refractivity contribution is 5.83. The number of nitrogens with two attached hydrogens (primary N) is 1. The van der Waals surface area contributed by atoms with E-state index in [9.17, 15) is 23.6 Å². The summed E-state index contributed by atoms with van der Waals surface area (Å²) in [6, 6.07) is 1.37. The van der Waals surface area contributed by atoms with Gasteiger partial charge in [0, 0.05) is 24.4 Å². The lowest BCUT2D eigenvalue weighted by Gasteiger charge is -2.62. The molecule has 3 amide bonds. The molecule has 4 aliphatic rings. The molecule has 2 aliphatic carbocycles. The Morgan fingerprint density at radius 1 is 1.28 bits per heavy atom. The zero-order valence-corrected chi connectivity index (χ0v) is 16.8. The van der Waals surface area contributed by atoms with E-state index in [1.54, 1.807) is 0 Å². The first kappa shape index (κ1) is 20.3. The number of nitrogens with one attached hydrogen (secondary N) is 1. The number of nitrogens with zero attached hydrogens (tertiary/aromatic N) is 3. The van der Waals surface area contributed by atoms with Crippen LogP contribution in [0.15, 0.2) is 0 Å². The molecule has 160 valence electrons. The van der Waals surface area contributed by atoms with Crippen LogP contribution in [0.4, 0.5) is 13.6 Å². The Kier molecular flexibility index (Phi) is 4.76. The van der Waals surface area contributed by atoms with E-state index in [4.69, 9.17) is 5.73 Å². The van der Waals surface area contributed by atoms with Crippen molar-refractivity contribution in [2.24, 2.45) is 17.1 Å². The SMILES string of the molecule is CC(F)(F)C[C@H](C(=O)NC1(C#N)CC1)C1N(C(N)=O)CC12CCN(C1CC1)CC2. The van der Waals surface area contributed by atoms with Crippen molar-refractivity contribution in [1.29, 1.82) is 5.26 Å². The molecule has 1 spiro atoms. The molecule has 2 aliphatic heterocycles. The van der Waals surface area contributed by atoms with Gasteiger partial charge in [-0.15, -0.1) is 0 Å². The van der Waals surface area contributed by atoms with Gasteiger partial charge in [-0.2, -0.15) is 5.26 Å². The van der Waals surface area contributed by atoms with Gasteiger partial charge in [-0.1, -0.05) is 0 Å². The van der Waals surface area contributed by atoms with Crippen molar-refractivity contribution in [3.63, 3.8) is 0 Å². The van der Waals surface area contributed by atoms with Crippen molar-refractivity contribution in [3.8, 4) is 6.07 Å². The number of urea groups is 1. The number of carbonyl (C=O) groups excluding carboxylic acids is 2. The molecule has 2 atom stereocenters. The Labute approximate surface area is 169 Å². The minimum Gasteiger partial charge on any atom is -0.351 e. The number of alkyl halides is 2. The fraction of sp³-hybridized carbons (Fsp3) is 0.850. The number of halogens is 2. The van der Waals surface area contributed by atoms with E-state index < -0.39 is 41.8 Å². The predicted molar refractivity (Wildman–Crippen MR) is 101 cm³/mol. The minimum absolute atomic E-state index is 0.364. The molecule has 7 nitrogen and oxygen atoms in total. The zero-order valence-electron chi connectivity index (χ0n) is 16.8. The predicted octanol–water partition coefficient (Wildman–Crippen LogP) is 1.83. The monoisotopic (exact) mass is 409 g/mol. The van der Waals surface area contributed by atoms with E-state index in [0.717, 1.165) is 32.9 Å². The smallest absolute Gasteiger partial charge is 0.315 e. The highest BCUT2D eigenvalue weighted by atomic mass is 19.3. The van der Waals surface area contributed by atoms with Gasteiger partial charge in [0.05, 0.1) is 18.0 Å². The van der Waals surface area contributed by atoms with Gasteiger partial charge in [0.25, 0.3) is 0 Å². The lowest BCUT2D eigenvalue weighted by atomic mass is 9.60. The third-order valence-corrected chi connectivity index (χ3v) is 7.21. The Morgan fingerprint density at radius 3 is 2.34 bits per heavy atom. The molecule has 4 fully saturated rings. The summed E-state index contributed by atoms with van der Waals surface area (Å²) in [6.07, 6.45) is 4.32. The topological polar surface area (TPSA) is 102 Å². The molecule has 4 rings (SSSR count). The van der Waals surface area contributed by atoms with Gasteiger partial charge in [-0.25, -0.2) is 13.6 Å². The second kappa shape index (κ2) is 6.79. The molecule has 0 radical (unpaired) electrons. The zero-order chi connectivity index (χ0) is 21.0. The molecular formula is C20H29F2N5O2. The summed E-state index contributed by atoms with van der Waals surface area (Å²) in [7, 11) is 0. The van der Waals surface area contributed by atoms with Gasteiger partial charge < -0.3 is 20.9 Å². The summed E-state index contributed by atoms with van der Waals surface area (Å²) in [5.74, 6) is -4.72. The fourth-order valence-electron chi connectivity index (χ4n) is 5.29. The molecule has 2 heterocycles. The van der Waals surface area contributed by atoms with Gasteiger partial charge in [0.1, 0.15) is 5.54 Å². The second-order valence-corrected chi connectivity index (χ2v) is 9.60. The van der Waals surface area contributed by atoms with Crippen molar-refractivity contribution in [2.45, 2.75) is 75.4 Å². The van der Waals surface area contributed by atoms with Gasteiger partial charge >= 0.3 is 6.03 Å². The fourth-order valence-corrected chi connectivity index (χ4v) is 5.29. The molecule has 2 saturated heterocycles. The third-order valence-electron chi connectivity index (χ3n) is 7.21. The molecule has 3 N–H and O–H groups in total. The number of likely N-dealkylation sites (tertiary alicyclic amines) is 2. The molecule has 9 heteroatoms. The first-order valence-corrected chi connectivity index (χ1v) is 10.5. The van der Waals surface area contributed by atoms with Crippen LogP contribution in [-0.2, 0) is 4.79 Å². The molecule has 0 aromatic heterocycles. The number of nitriles is 1. The number of piperidine rings is 1. The average Bonchev–Trinajstić information content (AvgIpc) is 3.53. The maximum absolute atomic E-state index is 14.1. The number of primary amides is 1. The number of rotatable bonds is 6. The Bertz CT molecular complexity index is 730. The molecule has 2 saturated carbocycles. The van der Waals surface area contributed by atoms with Crippen LogP contribution in [0.25, 0.3) is 0 Å². The third kappa shape index (κ3) is 3.91. The van der Waals surface area contributed by atoms with Crippen molar-refractivity contribution in [2.75, 3.05) is 19.6 Å². The van der Waals surface area contributed by atoms with E-state index in [0.29, 0.717) is 25.4 Å². The minimum atomic E-state index is -3.07. The average molecular weight is 409 g/mol. The van der Waals surface area contributed by atoms with Crippen LogP contribution < -0.4 is 11.1 Å². The van der Waals surface area contributed by atoms with Gasteiger partial charge in [0.2, 0.25) is 11.8 Å². The van der Waals surface area contributed by atoms with Crippen molar-refractivity contribution in [3.05, 3.63) is 0 Å². The highest BCUT2D eigenvalue weighted by Crippen LogP contribution is 2.52. The number of carbonyl (C=O) groups is 2. The first-order valence-electron chi connectivity index (χ1n) is 10.5. The quantitative estimate of drug-likeness (QED) is 0.699. The largest absolute Gasteiger partial charge is 0.351 e. The number of amides is 3. The summed E-state index contributed by atoms with van der Waals surface area (Å²) in [6.45, 7) is 2.91. The van der Waals surface area contributed by atoms with Gasteiger partial charge in [-0.05, 0) is 58.5 Å². The molecule has 0 aromatic carbocycles. The molecule has 0 bridgehead atoms. The van der Waals surface area contributed by atoms with Crippen LogP contribution >= 0.6 is 0 Å². The van der Waals surface area contributed by atoms with E-state index in [2.05, 4.69) is 16.3 Å². The van der Waals surface area contributed by atoms with E-state index in [1.165, 1.54) is 17.7 Å². The maximum Gasteiger partial charge on any atom is 0.315 e. The summed E-state index contributed by atoms with van der Waals surface area (Å²) in [4.78, 5) is 28.9. The van der Waals surface area contributed by atoms with Crippen molar-refractivity contribution in [1.82, 2.24) is 15.1 Å². The van der Waals surface area contributed by atoms with Crippen LogP contribution in [0.1, 0.15) is 51.9 Å². The van der Waals surface area contributed by atoms with Gasteiger partial charge in [-0.3, -0.25) is 4.79 Å². The van der Waals surface area contributed by atoms with Crippen LogP contribution in [0.2, 0.25) is 0 Å². The molecule has 0 aromatic rings.